The van der Waals surface area contributed by atoms with Gasteiger partial charge in [-0.05, 0) is 51.7 Å². The molecule has 1 aliphatic carbocycles. The predicted molar refractivity (Wildman–Crippen MR) is 86.7 cm³/mol. The zero-order chi connectivity index (χ0) is 16.1. The Labute approximate surface area is 131 Å². The van der Waals surface area contributed by atoms with Crippen LogP contribution in [0.15, 0.2) is 0 Å². The van der Waals surface area contributed by atoms with Crippen LogP contribution < -0.4 is 10.6 Å². The van der Waals surface area contributed by atoms with Gasteiger partial charge in [-0.1, -0.05) is 13.3 Å². The van der Waals surface area contributed by atoms with Gasteiger partial charge in [0, 0.05) is 11.3 Å². The number of hydrogen-bond donors (Lipinski definition) is 3. The molecular weight excluding hydrogens is 288 g/mol. The van der Waals surface area contributed by atoms with E-state index in [1.807, 2.05) is 20.1 Å². The number of aliphatic carboxylic acids is 1. The molecule has 21 heavy (non-hydrogen) atoms. The van der Waals surface area contributed by atoms with E-state index in [4.69, 9.17) is 0 Å². The molecule has 1 aliphatic rings. The topological polar surface area (TPSA) is 78.4 Å². The molecule has 3 N–H and O–H groups in total. The summed E-state index contributed by atoms with van der Waals surface area (Å²) in [6.07, 6.45) is 5.81. The molecule has 0 atom stereocenters. The first-order valence-corrected chi connectivity index (χ1v) is 8.82. The van der Waals surface area contributed by atoms with Crippen LogP contribution in [0.2, 0.25) is 0 Å². The van der Waals surface area contributed by atoms with Crippen LogP contribution in [0, 0.1) is 5.92 Å². The number of rotatable bonds is 6. The Bertz CT molecular complexity index is 377. The molecule has 0 radical (unpaired) electrons. The molecule has 6 heteroatoms. The zero-order valence-electron chi connectivity index (χ0n) is 13.5. The van der Waals surface area contributed by atoms with Crippen molar-refractivity contribution in [2.24, 2.45) is 5.92 Å². The minimum atomic E-state index is -1.10. The Hall–Kier alpha value is -0.910. The standard InChI is InChI=1S/C15H28N2O3S/c1-5-11-6-8-15(9-7-11,12(18)19)17-13(20)16-10-14(2,3)21-4/h11H,5-10H2,1-4H3,(H,18,19)(H2,16,17,20). The Morgan fingerprint density at radius 3 is 2.33 bits per heavy atom. The smallest absolute Gasteiger partial charge is 0.329 e. The van der Waals surface area contributed by atoms with E-state index in [9.17, 15) is 14.7 Å². The third-order valence-corrected chi connectivity index (χ3v) is 5.78. The molecular formula is C15H28N2O3S. The van der Waals surface area contributed by atoms with Crippen molar-refractivity contribution in [3.8, 4) is 0 Å². The number of urea groups is 1. The van der Waals surface area contributed by atoms with Gasteiger partial charge in [0.05, 0.1) is 0 Å². The lowest BCUT2D eigenvalue weighted by Crippen LogP contribution is -2.59. The van der Waals surface area contributed by atoms with Crippen molar-refractivity contribution < 1.29 is 14.7 Å². The summed E-state index contributed by atoms with van der Waals surface area (Å²) < 4.78 is -0.0619. The van der Waals surface area contributed by atoms with E-state index in [0.717, 1.165) is 19.3 Å². The van der Waals surface area contributed by atoms with Gasteiger partial charge in [0.2, 0.25) is 0 Å². The number of hydrogen-bond acceptors (Lipinski definition) is 3. The van der Waals surface area contributed by atoms with Crippen molar-refractivity contribution in [1.82, 2.24) is 10.6 Å². The number of carbonyl (C=O) groups excluding carboxylic acids is 1. The highest BCUT2D eigenvalue weighted by molar-refractivity contribution is 7.99. The molecule has 0 aromatic heterocycles. The van der Waals surface area contributed by atoms with Gasteiger partial charge < -0.3 is 15.7 Å². The van der Waals surface area contributed by atoms with Crippen LogP contribution in [-0.2, 0) is 4.79 Å². The van der Waals surface area contributed by atoms with E-state index in [1.54, 1.807) is 11.8 Å². The summed E-state index contributed by atoms with van der Waals surface area (Å²) in [4.78, 5) is 23.7. The summed E-state index contributed by atoms with van der Waals surface area (Å²) in [6.45, 7) is 6.71. The van der Waals surface area contributed by atoms with Crippen molar-refractivity contribution in [3.63, 3.8) is 0 Å². The highest BCUT2D eigenvalue weighted by Gasteiger charge is 2.43. The molecule has 5 nitrogen and oxygen atoms in total. The minimum Gasteiger partial charge on any atom is -0.480 e. The second-order valence-corrected chi connectivity index (χ2v) is 8.02. The van der Waals surface area contributed by atoms with Crippen molar-refractivity contribution in [3.05, 3.63) is 0 Å². The van der Waals surface area contributed by atoms with E-state index in [0.29, 0.717) is 25.3 Å². The third-order valence-electron chi connectivity index (χ3n) is 4.53. The summed E-state index contributed by atoms with van der Waals surface area (Å²) in [5, 5.41) is 15.0. The van der Waals surface area contributed by atoms with Crippen LogP contribution in [0.5, 0.6) is 0 Å². The van der Waals surface area contributed by atoms with Crippen molar-refractivity contribution in [2.75, 3.05) is 12.8 Å². The SMILES string of the molecule is CCC1CCC(NC(=O)NCC(C)(C)SC)(C(=O)O)CC1. The van der Waals surface area contributed by atoms with Gasteiger partial charge >= 0.3 is 12.0 Å². The van der Waals surface area contributed by atoms with Crippen LogP contribution in [0.25, 0.3) is 0 Å². The van der Waals surface area contributed by atoms with Gasteiger partial charge in [0.25, 0.3) is 0 Å². The summed E-state index contributed by atoms with van der Waals surface area (Å²) in [5.74, 6) is -0.339. The Kier molecular flexibility index (Phi) is 6.38. The van der Waals surface area contributed by atoms with Crippen LogP contribution in [0.3, 0.4) is 0 Å². The first-order chi connectivity index (χ1) is 9.74. The molecule has 0 heterocycles. The van der Waals surface area contributed by atoms with Crippen LogP contribution in [-0.4, -0.2) is 40.2 Å². The summed E-state index contributed by atoms with van der Waals surface area (Å²) >= 11 is 1.66. The summed E-state index contributed by atoms with van der Waals surface area (Å²) in [5.41, 5.74) is -1.10. The Morgan fingerprint density at radius 2 is 1.90 bits per heavy atom. The molecule has 1 fully saturated rings. The van der Waals surface area contributed by atoms with Gasteiger partial charge in [0.15, 0.2) is 0 Å². The molecule has 1 rings (SSSR count). The maximum atomic E-state index is 12.0. The Morgan fingerprint density at radius 1 is 1.33 bits per heavy atom. The lowest BCUT2D eigenvalue weighted by Gasteiger charge is -2.37. The lowest BCUT2D eigenvalue weighted by molar-refractivity contribution is -0.146. The first kappa shape index (κ1) is 18.1. The molecule has 0 aliphatic heterocycles. The average Bonchev–Trinajstić information content (AvgIpc) is 2.46. The first-order valence-electron chi connectivity index (χ1n) is 7.59. The van der Waals surface area contributed by atoms with Crippen LogP contribution >= 0.6 is 11.8 Å². The van der Waals surface area contributed by atoms with Crippen LogP contribution in [0.1, 0.15) is 52.9 Å². The van der Waals surface area contributed by atoms with Gasteiger partial charge in [-0.2, -0.15) is 11.8 Å². The zero-order valence-corrected chi connectivity index (χ0v) is 14.3. The van der Waals surface area contributed by atoms with Gasteiger partial charge in [0.1, 0.15) is 5.54 Å². The minimum absolute atomic E-state index is 0.0619. The second-order valence-electron chi connectivity index (χ2n) is 6.51. The molecule has 0 bridgehead atoms. The van der Waals surface area contributed by atoms with Gasteiger partial charge in [-0.15, -0.1) is 0 Å². The van der Waals surface area contributed by atoms with E-state index in [2.05, 4.69) is 17.6 Å². The predicted octanol–water partition coefficient (Wildman–Crippen LogP) is 2.85. The fourth-order valence-corrected chi connectivity index (χ4v) is 2.81. The maximum absolute atomic E-state index is 12.0. The molecule has 122 valence electrons. The van der Waals surface area contributed by atoms with E-state index >= 15 is 0 Å². The van der Waals surface area contributed by atoms with Crippen LogP contribution in [0.4, 0.5) is 4.79 Å². The number of thioether (sulfide) groups is 1. The van der Waals surface area contributed by atoms with E-state index < -0.39 is 11.5 Å². The fraction of sp³-hybridized carbons (Fsp3) is 0.867. The van der Waals surface area contributed by atoms with Crippen molar-refractivity contribution >= 4 is 23.8 Å². The van der Waals surface area contributed by atoms with Gasteiger partial charge in [-0.3, -0.25) is 0 Å². The summed E-state index contributed by atoms with van der Waals surface area (Å²) in [7, 11) is 0. The molecule has 0 unspecified atom stereocenters. The normalized spacial score (nSPS) is 26.2. The largest absolute Gasteiger partial charge is 0.480 e. The second kappa shape index (κ2) is 7.38. The molecule has 0 saturated heterocycles. The highest BCUT2D eigenvalue weighted by Crippen LogP contribution is 2.34. The maximum Gasteiger partial charge on any atom is 0.329 e. The number of amides is 2. The Balaban J connectivity index is 2.59. The number of carbonyl (C=O) groups is 2. The van der Waals surface area contributed by atoms with Crippen molar-refractivity contribution in [1.29, 1.82) is 0 Å². The third kappa shape index (κ3) is 5.09. The fourth-order valence-electron chi connectivity index (χ4n) is 2.60. The number of carboxylic acids is 1. The van der Waals surface area contributed by atoms with E-state index in [1.165, 1.54) is 0 Å². The quantitative estimate of drug-likeness (QED) is 0.704. The number of carboxylic acid groups (broad SMARTS) is 1. The lowest BCUT2D eigenvalue weighted by atomic mass is 9.75. The van der Waals surface area contributed by atoms with Gasteiger partial charge in [-0.25, -0.2) is 9.59 Å². The molecule has 0 spiro atoms. The molecule has 1 saturated carbocycles. The van der Waals surface area contributed by atoms with E-state index in [-0.39, 0.29) is 10.8 Å². The van der Waals surface area contributed by atoms with Crippen molar-refractivity contribution in [2.45, 2.75) is 63.2 Å². The monoisotopic (exact) mass is 316 g/mol. The molecule has 2 amide bonds. The average molecular weight is 316 g/mol. The molecule has 0 aromatic carbocycles. The number of nitrogens with one attached hydrogen (secondary N) is 2. The molecule has 0 aromatic rings. The summed E-state index contributed by atoms with van der Waals surface area (Å²) in [6, 6.07) is -0.380. The highest BCUT2D eigenvalue weighted by atomic mass is 32.2.